The average molecular weight is 432 g/mol. The Morgan fingerprint density at radius 2 is 1.72 bits per heavy atom. The highest BCUT2D eigenvalue weighted by atomic mass is 16.2. The average Bonchev–Trinajstić information content (AvgIpc) is 3.31. The molecular weight excluding hydrogens is 402 g/mol. The fraction of sp³-hybridized carbons (Fsp3) is 0.320. The largest absolute Gasteiger partial charge is 0.368 e. The number of nitrogens with zero attached hydrogens (tertiary/aromatic N) is 4. The number of aromatic nitrogens is 4. The minimum Gasteiger partial charge on any atom is -0.368 e. The van der Waals surface area contributed by atoms with Crippen LogP contribution in [-0.4, -0.2) is 24.8 Å². The second kappa shape index (κ2) is 8.49. The molecule has 4 aromatic rings. The zero-order valence-corrected chi connectivity index (χ0v) is 19.0. The first-order chi connectivity index (χ1) is 15.4. The van der Waals surface area contributed by atoms with Crippen molar-refractivity contribution in [3.8, 4) is 22.4 Å². The number of carbonyl (C=O) groups excluding carboxylic acids is 1. The van der Waals surface area contributed by atoms with E-state index in [9.17, 15) is 9.59 Å². The van der Waals surface area contributed by atoms with Gasteiger partial charge in [-0.3, -0.25) is 18.6 Å². The molecule has 7 heteroatoms. The summed E-state index contributed by atoms with van der Waals surface area (Å²) in [5.74, 6) is -0.411. The van der Waals surface area contributed by atoms with Crippen LogP contribution < -0.4 is 11.4 Å². The Morgan fingerprint density at radius 3 is 2.34 bits per heavy atom. The topological polar surface area (TPSA) is 87.8 Å². The molecule has 0 spiro atoms. The molecule has 0 saturated carbocycles. The van der Waals surface area contributed by atoms with Crippen LogP contribution in [0.3, 0.4) is 0 Å². The quantitative estimate of drug-likeness (QED) is 0.477. The number of primary amides is 1. The third kappa shape index (κ3) is 3.43. The van der Waals surface area contributed by atoms with Crippen LogP contribution in [0.25, 0.3) is 33.4 Å². The molecule has 1 amide bonds. The van der Waals surface area contributed by atoms with Gasteiger partial charge in [0.1, 0.15) is 6.04 Å². The van der Waals surface area contributed by atoms with Gasteiger partial charge in [0.25, 0.3) is 0 Å². The molecule has 0 aliphatic rings. The molecule has 7 nitrogen and oxygen atoms in total. The van der Waals surface area contributed by atoms with Gasteiger partial charge in [-0.05, 0) is 51.0 Å². The lowest BCUT2D eigenvalue weighted by Crippen LogP contribution is -2.27. The minimum atomic E-state index is -0.544. The molecule has 0 radical (unpaired) electrons. The van der Waals surface area contributed by atoms with Crippen LogP contribution in [0.2, 0.25) is 0 Å². The number of carbonyl (C=O) groups is 1. The van der Waals surface area contributed by atoms with Crippen molar-refractivity contribution in [1.82, 2.24) is 18.9 Å². The summed E-state index contributed by atoms with van der Waals surface area (Å²) in [7, 11) is 0. The molecule has 1 atom stereocenters. The van der Waals surface area contributed by atoms with Crippen LogP contribution in [0, 0.1) is 6.92 Å². The van der Waals surface area contributed by atoms with E-state index in [1.165, 1.54) is 0 Å². The van der Waals surface area contributed by atoms with Crippen LogP contribution in [0.1, 0.15) is 38.8 Å². The van der Waals surface area contributed by atoms with E-state index in [1.54, 1.807) is 20.0 Å². The number of imidazole rings is 1. The zero-order valence-electron chi connectivity index (χ0n) is 19.0. The van der Waals surface area contributed by atoms with E-state index in [2.05, 4.69) is 11.2 Å². The predicted octanol–water partition coefficient (Wildman–Crippen LogP) is 4.12. The van der Waals surface area contributed by atoms with Crippen LogP contribution in [0.5, 0.6) is 0 Å². The molecule has 4 rings (SSSR count). The fourth-order valence-electron chi connectivity index (χ4n) is 4.48. The minimum absolute atomic E-state index is 0.00321. The number of fused-ring (bicyclic) bond motifs is 1. The van der Waals surface area contributed by atoms with E-state index in [-0.39, 0.29) is 5.69 Å². The first-order valence-corrected chi connectivity index (χ1v) is 11.1. The summed E-state index contributed by atoms with van der Waals surface area (Å²) in [6.45, 7) is 9.12. The molecule has 0 bridgehead atoms. The lowest BCUT2D eigenvalue weighted by molar-refractivity contribution is -0.121. The lowest BCUT2D eigenvalue weighted by atomic mass is 9.99. The van der Waals surface area contributed by atoms with Gasteiger partial charge in [0.2, 0.25) is 5.91 Å². The first kappa shape index (κ1) is 21.6. The second-order valence-corrected chi connectivity index (χ2v) is 8.02. The summed E-state index contributed by atoms with van der Waals surface area (Å²) < 4.78 is 5.31. The Balaban J connectivity index is 2.00. The number of hydrogen-bond donors (Lipinski definition) is 1. The third-order valence-corrected chi connectivity index (χ3v) is 6.06. The van der Waals surface area contributed by atoms with Gasteiger partial charge < -0.3 is 5.73 Å². The van der Waals surface area contributed by atoms with Gasteiger partial charge in [0.15, 0.2) is 0 Å². The second-order valence-electron chi connectivity index (χ2n) is 8.02. The van der Waals surface area contributed by atoms with Crippen molar-refractivity contribution in [2.24, 2.45) is 5.73 Å². The Labute approximate surface area is 187 Å². The van der Waals surface area contributed by atoms with Crippen molar-refractivity contribution in [2.75, 3.05) is 0 Å². The summed E-state index contributed by atoms with van der Waals surface area (Å²) in [6.07, 6.45) is 2.33. The van der Waals surface area contributed by atoms with Crippen LogP contribution in [0.15, 0.2) is 53.5 Å². The Morgan fingerprint density at radius 1 is 1.00 bits per heavy atom. The Kier molecular flexibility index (Phi) is 5.74. The van der Waals surface area contributed by atoms with E-state index in [4.69, 9.17) is 5.73 Å². The number of hydrogen-bond acceptors (Lipinski definition) is 3. The fourth-order valence-corrected chi connectivity index (χ4v) is 4.48. The van der Waals surface area contributed by atoms with E-state index in [1.807, 2.05) is 64.1 Å². The van der Waals surface area contributed by atoms with Gasteiger partial charge >= 0.3 is 5.69 Å². The van der Waals surface area contributed by atoms with Crippen LogP contribution in [0.4, 0.5) is 0 Å². The predicted molar refractivity (Wildman–Crippen MR) is 127 cm³/mol. The zero-order chi connectivity index (χ0) is 23.0. The van der Waals surface area contributed by atoms with Crippen molar-refractivity contribution in [3.63, 3.8) is 0 Å². The normalized spacial score (nSPS) is 12.4. The molecule has 2 N–H and O–H groups in total. The van der Waals surface area contributed by atoms with Gasteiger partial charge in [0.05, 0.1) is 22.9 Å². The molecular formula is C25H29N5O2. The van der Waals surface area contributed by atoms with Gasteiger partial charge in [-0.1, -0.05) is 36.8 Å². The maximum absolute atomic E-state index is 12.8. The number of rotatable bonds is 7. The molecule has 0 aliphatic heterocycles. The van der Waals surface area contributed by atoms with Gasteiger partial charge in [0, 0.05) is 24.2 Å². The summed E-state index contributed by atoms with van der Waals surface area (Å²) >= 11 is 0. The van der Waals surface area contributed by atoms with E-state index >= 15 is 0 Å². The SMILES string of the molecule is CCC(C(N)=O)n1ncc(-c2ccc3c(c2)n(CC)c(=O)n3CC)c1-c1cccc(C)c1. The molecule has 0 aliphatic carbocycles. The van der Waals surface area contributed by atoms with Crippen molar-refractivity contribution in [2.45, 2.75) is 53.2 Å². The molecule has 1 unspecified atom stereocenters. The highest BCUT2D eigenvalue weighted by Gasteiger charge is 2.24. The Bertz CT molecular complexity index is 1360. The van der Waals surface area contributed by atoms with Gasteiger partial charge in [-0.2, -0.15) is 5.10 Å². The third-order valence-electron chi connectivity index (χ3n) is 6.06. The molecule has 2 aromatic heterocycles. The van der Waals surface area contributed by atoms with Crippen molar-refractivity contribution >= 4 is 16.9 Å². The first-order valence-electron chi connectivity index (χ1n) is 11.1. The van der Waals surface area contributed by atoms with Gasteiger partial charge in [-0.25, -0.2) is 4.79 Å². The maximum atomic E-state index is 12.8. The van der Waals surface area contributed by atoms with E-state index in [0.29, 0.717) is 19.5 Å². The molecule has 166 valence electrons. The Hall–Kier alpha value is -3.61. The van der Waals surface area contributed by atoms with E-state index < -0.39 is 11.9 Å². The number of benzene rings is 2. The monoisotopic (exact) mass is 431 g/mol. The molecule has 0 saturated heterocycles. The van der Waals surface area contributed by atoms with Crippen LogP contribution >= 0.6 is 0 Å². The summed E-state index contributed by atoms with van der Waals surface area (Å²) in [5.41, 5.74) is 12.3. The lowest BCUT2D eigenvalue weighted by Gasteiger charge is -2.17. The van der Waals surface area contributed by atoms with Gasteiger partial charge in [-0.15, -0.1) is 0 Å². The van der Waals surface area contributed by atoms with Crippen molar-refractivity contribution < 1.29 is 4.79 Å². The smallest absolute Gasteiger partial charge is 0.329 e. The standard InChI is InChI=1S/C25H29N5O2/c1-5-20(24(26)31)30-23(18-10-8-9-16(4)13-18)19(15-27-30)17-11-12-21-22(14-17)29(7-3)25(32)28(21)6-2/h8-15,20H,5-7H2,1-4H3,(H2,26,31). The number of nitrogens with two attached hydrogens (primary N) is 1. The molecule has 2 aromatic carbocycles. The molecule has 32 heavy (non-hydrogen) atoms. The number of aryl methyl sites for hydroxylation is 3. The van der Waals surface area contributed by atoms with E-state index in [0.717, 1.165) is 39.0 Å². The highest BCUT2D eigenvalue weighted by molar-refractivity contribution is 5.89. The summed E-state index contributed by atoms with van der Waals surface area (Å²) in [5, 5.41) is 4.59. The summed E-state index contributed by atoms with van der Waals surface area (Å²) in [6, 6.07) is 13.6. The summed E-state index contributed by atoms with van der Waals surface area (Å²) in [4.78, 5) is 25.0. The number of amides is 1. The molecule has 0 fully saturated rings. The molecule has 2 heterocycles. The highest BCUT2D eigenvalue weighted by Crippen LogP contribution is 2.36. The van der Waals surface area contributed by atoms with Crippen LogP contribution in [-0.2, 0) is 17.9 Å². The van der Waals surface area contributed by atoms with Crippen molar-refractivity contribution in [1.29, 1.82) is 0 Å². The maximum Gasteiger partial charge on any atom is 0.329 e. The van der Waals surface area contributed by atoms with Crippen molar-refractivity contribution in [3.05, 3.63) is 64.7 Å².